The zero-order valence-corrected chi connectivity index (χ0v) is 13.8. The summed E-state index contributed by atoms with van der Waals surface area (Å²) in [6.45, 7) is 11.0. The Kier molecular flexibility index (Phi) is 4.92. The quantitative estimate of drug-likeness (QED) is 0.759. The molecule has 0 unspecified atom stereocenters. The molecule has 0 saturated heterocycles. The predicted octanol–water partition coefficient (Wildman–Crippen LogP) is 3.51. The average molecular weight is 294 g/mol. The van der Waals surface area contributed by atoms with Crippen molar-refractivity contribution in [2.24, 2.45) is 5.41 Å². The van der Waals surface area contributed by atoms with E-state index in [9.17, 15) is 9.67 Å². The van der Waals surface area contributed by atoms with Gasteiger partial charge in [0.1, 0.15) is 0 Å². The van der Waals surface area contributed by atoms with Gasteiger partial charge in [-0.2, -0.15) is 0 Å². The Labute approximate surface area is 116 Å². The summed E-state index contributed by atoms with van der Waals surface area (Å²) in [6.07, 6.45) is 1.77. The number of phosphoric ester groups is 1. The first kappa shape index (κ1) is 17.1. The van der Waals surface area contributed by atoms with Crippen molar-refractivity contribution in [3.8, 4) is 0 Å². The third-order valence-corrected chi connectivity index (χ3v) is 4.58. The smallest absolute Gasteiger partial charge is 0.396 e. The lowest BCUT2D eigenvalue weighted by Crippen LogP contribution is -2.26. The minimum Gasteiger partial charge on any atom is -0.396 e. The van der Waals surface area contributed by atoms with Gasteiger partial charge in [0.15, 0.2) is 0 Å². The first-order valence-corrected chi connectivity index (χ1v) is 8.12. The predicted molar refractivity (Wildman–Crippen MR) is 74.0 cm³/mol. The van der Waals surface area contributed by atoms with E-state index in [1.54, 1.807) is 41.5 Å². The molecule has 19 heavy (non-hydrogen) atoms. The van der Waals surface area contributed by atoms with Crippen molar-refractivity contribution in [3.63, 3.8) is 0 Å². The van der Waals surface area contributed by atoms with Crippen LogP contribution in [0.25, 0.3) is 0 Å². The molecular formula is C13H27O5P. The highest BCUT2D eigenvalue weighted by Gasteiger charge is 2.46. The van der Waals surface area contributed by atoms with Crippen molar-refractivity contribution in [2.45, 2.75) is 65.6 Å². The number of aliphatic hydroxyl groups excluding tert-OH is 1. The van der Waals surface area contributed by atoms with Crippen LogP contribution < -0.4 is 0 Å². The van der Waals surface area contributed by atoms with E-state index in [2.05, 4.69) is 0 Å². The van der Waals surface area contributed by atoms with Gasteiger partial charge >= 0.3 is 7.82 Å². The average Bonchev–Trinajstić information content (AvgIpc) is 2.89. The number of rotatable bonds is 6. The molecule has 1 aliphatic rings. The summed E-state index contributed by atoms with van der Waals surface area (Å²) in [4.78, 5) is 0. The zero-order valence-electron chi connectivity index (χ0n) is 12.9. The van der Waals surface area contributed by atoms with E-state index in [0.29, 0.717) is 0 Å². The van der Waals surface area contributed by atoms with Gasteiger partial charge in [0, 0.05) is 5.41 Å². The van der Waals surface area contributed by atoms with Gasteiger partial charge in [-0.15, -0.1) is 0 Å². The molecule has 0 radical (unpaired) electrons. The molecule has 0 aromatic heterocycles. The molecule has 0 heterocycles. The van der Waals surface area contributed by atoms with Crippen molar-refractivity contribution in [3.05, 3.63) is 0 Å². The lowest BCUT2D eigenvalue weighted by molar-refractivity contribution is -0.00572. The first-order valence-electron chi connectivity index (χ1n) is 6.66. The molecule has 1 rings (SSSR count). The summed E-state index contributed by atoms with van der Waals surface area (Å²) >= 11 is 0. The second kappa shape index (κ2) is 5.45. The van der Waals surface area contributed by atoms with E-state index in [0.717, 1.165) is 12.8 Å². The molecule has 6 heteroatoms. The van der Waals surface area contributed by atoms with Gasteiger partial charge in [0.2, 0.25) is 0 Å². The van der Waals surface area contributed by atoms with Crippen LogP contribution in [0.15, 0.2) is 0 Å². The van der Waals surface area contributed by atoms with Gasteiger partial charge in [-0.1, -0.05) is 0 Å². The fraction of sp³-hybridized carbons (Fsp3) is 1.00. The number of hydrogen-bond acceptors (Lipinski definition) is 5. The van der Waals surface area contributed by atoms with Crippen molar-refractivity contribution in [2.75, 3.05) is 13.2 Å². The van der Waals surface area contributed by atoms with Crippen LogP contribution in [0.3, 0.4) is 0 Å². The summed E-state index contributed by atoms with van der Waals surface area (Å²) in [6, 6.07) is 0. The number of aliphatic hydroxyl groups is 1. The maximum absolute atomic E-state index is 12.7. The Morgan fingerprint density at radius 2 is 1.47 bits per heavy atom. The molecule has 5 nitrogen and oxygen atoms in total. The van der Waals surface area contributed by atoms with Crippen molar-refractivity contribution < 1.29 is 23.2 Å². The van der Waals surface area contributed by atoms with Gasteiger partial charge in [0.05, 0.1) is 24.4 Å². The minimum absolute atomic E-state index is 0.0397. The van der Waals surface area contributed by atoms with Gasteiger partial charge in [-0.25, -0.2) is 4.57 Å². The van der Waals surface area contributed by atoms with E-state index in [1.807, 2.05) is 0 Å². The lowest BCUT2D eigenvalue weighted by Gasteiger charge is -2.31. The first-order chi connectivity index (χ1) is 8.39. The Morgan fingerprint density at radius 1 is 1.05 bits per heavy atom. The van der Waals surface area contributed by atoms with E-state index < -0.39 is 19.0 Å². The molecule has 0 aliphatic heterocycles. The van der Waals surface area contributed by atoms with Crippen LogP contribution in [0.5, 0.6) is 0 Å². The summed E-state index contributed by atoms with van der Waals surface area (Å²) in [5, 5.41) is 9.27. The number of phosphoric acid groups is 1. The van der Waals surface area contributed by atoms with E-state index in [4.69, 9.17) is 13.6 Å². The molecule has 0 amide bonds. The minimum atomic E-state index is -3.64. The van der Waals surface area contributed by atoms with Crippen molar-refractivity contribution in [1.82, 2.24) is 0 Å². The molecule has 1 N–H and O–H groups in total. The van der Waals surface area contributed by atoms with Crippen LogP contribution in [-0.4, -0.2) is 29.5 Å². The van der Waals surface area contributed by atoms with Gasteiger partial charge in [0.25, 0.3) is 0 Å². The highest BCUT2D eigenvalue weighted by Crippen LogP contribution is 2.58. The lowest BCUT2D eigenvalue weighted by atomic mass is 10.1. The van der Waals surface area contributed by atoms with E-state index >= 15 is 0 Å². The van der Waals surface area contributed by atoms with Gasteiger partial charge in [-0.05, 0) is 54.4 Å². The molecule has 114 valence electrons. The fourth-order valence-corrected chi connectivity index (χ4v) is 3.40. The maximum Gasteiger partial charge on any atom is 0.475 e. The molecule has 1 fully saturated rings. The van der Waals surface area contributed by atoms with Crippen LogP contribution in [0, 0.1) is 5.41 Å². The van der Waals surface area contributed by atoms with E-state index in [-0.39, 0.29) is 18.6 Å². The van der Waals surface area contributed by atoms with Crippen LogP contribution in [0.1, 0.15) is 54.4 Å². The van der Waals surface area contributed by atoms with Crippen molar-refractivity contribution >= 4 is 7.82 Å². The Bertz CT molecular complexity index is 329. The molecule has 0 aromatic carbocycles. The highest BCUT2D eigenvalue weighted by molar-refractivity contribution is 7.48. The highest BCUT2D eigenvalue weighted by atomic mass is 31.2. The summed E-state index contributed by atoms with van der Waals surface area (Å²) < 4.78 is 29.1. The molecule has 1 saturated carbocycles. The molecule has 0 atom stereocenters. The Balaban J connectivity index is 2.71. The Morgan fingerprint density at radius 3 is 1.74 bits per heavy atom. The number of hydrogen-bond donors (Lipinski definition) is 1. The standard InChI is InChI=1S/C13H27O5P/c1-11(2,3)17-19(15,18-12(4,5)6)16-10-13(9-14)7-8-13/h14H,7-10H2,1-6H3. The zero-order chi connectivity index (χ0) is 14.9. The van der Waals surface area contributed by atoms with Gasteiger partial charge < -0.3 is 5.11 Å². The molecule has 0 bridgehead atoms. The van der Waals surface area contributed by atoms with E-state index in [1.165, 1.54) is 0 Å². The fourth-order valence-electron chi connectivity index (χ4n) is 1.48. The summed E-state index contributed by atoms with van der Waals surface area (Å²) in [5.41, 5.74) is -1.51. The molecule has 1 aliphatic carbocycles. The SMILES string of the molecule is CC(C)(C)OP(=O)(OCC1(CO)CC1)OC(C)(C)C. The third kappa shape index (κ3) is 6.37. The van der Waals surface area contributed by atoms with Crippen molar-refractivity contribution in [1.29, 1.82) is 0 Å². The largest absolute Gasteiger partial charge is 0.475 e. The third-order valence-electron chi connectivity index (χ3n) is 2.59. The maximum atomic E-state index is 12.7. The van der Waals surface area contributed by atoms with Crippen LogP contribution >= 0.6 is 7.82 Å². The topological polar surface area (TPSA) is 65.0 Å². The summed E-state index contributed by atoms with van der Waals surface area (Å²) in [7, 11) is -3.64. The molecule has 0 spiro atoms. The Hall–Kier alpha value is 0.0700. The molecule has 0 aromatic rings. The monoisotopic (exact) mass is 294 g/mol. The normalized spacial score (nSPS) is 19.5. The van der Waals surface area contributed by atoms with Crippen LogP contribution in [-0.2, 0) is 18.1 Å². The second-order valence-corrected chi connectivity index (χ2v) is 8.80. The summed E-state index contributed by atoms with van der Waals surface area (Å²) in [5.74, 6) is 0. The van der Waals surface area contributed by atoms with Crippen LogP contribution in [0.4, 0.5) is 0 Å². The van der Waals surface area contributed by atoms with Gasteiger partial charge in [-0.3, -0.25) is 13.6 Å². The second-order valence-electron chi connectivity index (χ2n) is 7.29. The van der Waals surface area contributed by atoms with Crippen LogP contribution in [0.2, 0.25) is 0 Å². The molecular weight excluding hydrogens is 267 g/mol.